The van der Waals surface area contributed by atoms with Crippen LogP contribution in [-0.2, 0) is 4.79 Å². The number of hydrogen-bond acceptors (Lipinski definition) is 2. The van der Waals surface area contributed by atoms with E-state index in [0.29, 0.717) is 13.1 Å². The van der Waals surface area contributed by atoms with Gasteiger partial charge in [0.1, 0.15) is 0 Å². The van der Waals surface area contributed by atoms with E-state index < -0.39 is 18.1 Å². The van der Waals surface area contributed by atoms with E-state index >= 15 is 0 Å². The molecule has 106 valence electrons. The van der Waals surface area contributed by atoms with Gasteiger partial charge in [-0.25, -0.2) is 0 Å². The van der Waals surface area contributed by atoms with Gasteiger partial charge in [-0.15, -0.1) is 0 Å². The Morgan fingerprint density at radius 1 is 1.33 bits per heavy atom. The lowest BCUT2D eigenvalue weighted by Crippen LogP contribution is -2.52. The fourth-order valence-corrected chi connectivity index (χ4v) is 2.26. The molecular weight excluding hydrogens is 245 g/mol. The van der Waals surface area contributed by atoms with Crippen LogP contribution >= 0.6 is 0 Å². The van der Waals surface area contributed by atoms with Crippen molar-refractivity contribution in [1.82, 2.24) is 10.2 Å². The molecule has 1 aliphatic heterocycles. The van der Waals surface area contributed by atoms with E-state index in [1.54, 1.807) is 4.90 Å². The number of carbonyl (C=O) groups excluding carboxylic acids is 1. The largest absolute Gasteiger partial charge is 0.393 e. The summed E-state index contributed by atoms with van der Waals surface area (Å²) in [6, 6.07) is -0.449. The highest BCUT2D eigenvalue weighted by molar-refractivity contribution is 5.82. The number of amides is 1. The molecule has 0 aromatic rings. The fourth-order valence-electron chi connectivity index (χ4n) is 2.26. The Morgan fingerprint density at radius 2 is 2.00 bits per heavy atom. The molecule has 2 unspecified atom stereocenters. The van der Waals surface area contributed by atoms with E-state index in [0.717, 1.165) is 6.42 Å². The minimum Gasteiger partial charge on any atom is -0.342 e. The van der Waals surface area contributed by atoms with Gasteiger partial charge >= 0.3 is 6.18 Å². The Labute approximate surface area is 106 Å². The third-order valence-electron chi connectivity index (χ3n) is 3.36. The van der Waals surface area contributed by atoms with Gasteiger partial charge in [-0.2, -0.15) is 13.2 Å². The van der Waals surface area contributed by atoms with Gasteiger partial charge in [-0.05, 0) is 26.2 Å². The molecule has 1 N–H and O–H groups in total. The number of carbonyl (C=O) groups is 1. The maximum atomic E-state index is 12.5. The highest BCUT2D eigenvalue weighted by Gasteiger charge is 2.42. The SMILES string of the molecule is CCCN(CC)C(=O)C1CCC(C(F)(F)F)CN1. The number of hydrogen-bond donors (Lipinski definition) is 1. The summed E-state index contributed by atoms with van der Waals surface area (Å²) in [6.45, 7) is 4.98. The van der Waals surface area contributed by atoms with Gasteiger partial charge in [0.05, 0.1) is 12.0 Å². The second kappa shape index (κ2) is 6.41. The van der Waals surface area contributed by atoms with Crippen molar-refractivity contribution in [3.8, 4) is 0 Å². The van der Waals surface area contributed by atoms with Crippen LogP contribution in [0.2, 0.25) is 0 Å². The molecule has 1 saturated heterocycles. The zero-order chi connectivity index (χ0) is 13.8. The van der Waals surface area contributed by atoms with Crippen molar-refractivity contribution in [2.45, 2.75) is 45.3 Å². The van der Waals surface area contributed by atoms with Crippen LogP contribution < -0.4 is 5.32 Å². The van der Waals surface area contributed by atoms with Crippen LogP contribution in [0.1, 0.15) is 33.1 Å². The first-order valence-electron chi connectivity index (χ1n) is 6.49. The molecule has 0 aliphatic carbocycles. The van der Waals surface area contributed by atoms with Gasteiger partial charge in [0.25, 0.3) is 0 Å². The zero-order valence-corrected chi connectivity index (χ0v) is 10.9. The molecule has 0 aromatic heterocycles. The lowest BCUT2D eigenvalue weighted by molar-refractivity contribution is -0.180. The van der Waals surface area contributed by atoms with Gasteiger partial charge in [0.2, 0.25) is 5.91 Å². The molecule has 1 heterocycles. The summed E-state index contributed by atoms with van der Waals surface area (Å²) >= 11 is 0. The molecule has 18 heavy (non-hydrogen) atoms. The predicted octanol–water partition coefficient (Wildman–Crippen LogP) is 2.18. The summed E-state index contributed by atoms with van der Waals surface area (Å²) in [7, 11) is 0. The molecule has 0 spiro atoms. The zero-order valence-electron chi connectivity index (χ0n) is 10.9. The summed E-state index contributed by atoms with van der Waals surface area (Å²) in [6.07, 6.45) is -2.99. The summed E-state index contributed by atoms with van der Waals surface area (Å²) < 4.78 is 37.4. The lowest BCUT2D eigenvalue weighted by Gasteiger charge is -2.33. The van der Waals surface area contributed by atoms with Gasteiger partial charge < -0.3 is 10.2 Å². The van der Waals surface area contributed by atoms with Gasteiger partial charge in [-0.1, -0.05) is 6.92 Å². The third kappa shape index (κ3) is 3.86. The van der Waals surface area contributed by atoms with Crippen molar-refractivity contribution < 1.29 is 18.0 Å². The Bertz CT molecular complexity index is 273. The molecule has 3 nitrogen and oxygen atoms in total. The maximum absolute atomic E-state index is 12.5. The number of piperidine rings is 1. The first-order chi connectivity index (χ1) is 8.40. The Hall–Kier alpha value is -0.780. The minimum atomic E-state index is -4.16. The molecule has 0 aromatic carbocycles. The minimum absolute atomic E-state index is 0.0383. The van der Waals surface area contributed by atoms with E-state index in [1.807, 2.05) is 13.8 Å². The number of nitrogens with one attached hydrogen (secondary N) is 1. The first-order valence-corrected chi connectivity index (χ1v) is 6.49. The van der Waals surface area contributed by atoms with Crippen molar-refractivity contribution in [3.63, 3.8) is 0 Å². The van der Waals surface area contributed by atoms with Crippen molar-refractivity contribution in [2.24, 2.45) is 5.92 Å². The van der Waals surface area contributed by atoms with Crippen LogP contribution in [0.5, 0.6) is 0 Å². The van der Waals surface area contributed by atoms with E-state index in [9.17, 15) is 18.0 Å². The van der Waals surface area contributed by atoms with E-state index in [-0.39, 0.29) is 25.3 Å². The number of alkyl halides is 3. The van der Waals surface area contributed by atoms with Crippen LogP contribution in [0.4, 0.5) is 13.2 Å². The van der Waals surface area contributed by atoms with Crippen LogP contribution in [0.3, 0.4) is 0 Å². The van der Waals surface area contributed by atoms with Crippen molar-refractivity contribution in [1.29, 1.82) is 0 Å². The summed E-state index contributed by atoms with van der Waals surface area (Å²) in [5.41, 5.74) is 0. The Balaban J connectivity index is 2.49. The number of nitrogens with zero attached hydrogens (tertiary/aromatic N) is 1. The van der Waals surface area contributed by atoms with E-state index in [4.69, 9.17) is 0 Å². The quantitative estimate of drug-likeness (QED) is 0.846. The highest BCUT2D eigenvalue weighted by atomic mass is 19.4. The van der Waals surface area contributed by atoms with Gasteiger partial charge in [0.15, 0.2) is 0 Å². The van der Waals surface area contributed by atoms with Crippen LogP contribution in [-0.4, -0.2) is 42.7 Å². The summed E-state index contributed by atoms with van der Waals surface area (Å²) in [5, 5.41) is 2.74. The summed E-state index contributed by atoms with van der Waals surface area (Å²) in [5.74, 6) is -1.39. The molecule has 1 fully saturated rings. The average Bonchev–Trinajstić information content (AvgIpc) is 2.34. The second-order valence-corrected chi connectivity index (χ2v) is 4.69. The maximum Gasteiger partial charge on any atom is 0.393 e. The molecular formula is C12H21F3N2O. The topological polar surface area (TPSA) is 32.3 Å². The van der Waals surface area contributed by atoms with Crippen molar-refractivity contribution >= 4 is 5.91 Å². The standard InChI is InChI=1S/C12H21F3N2O/c1-3-7-17(4-2)11(18)10-6-5-9(8-16-10)12(13,14)15/h9-10,16H,3-8H2,1-2H3. The molecule has 0 radical (unpaired) electrons. The number of likely N-dealkylation sites (N-methyl/N-ethyl adjacent to an activating group) is 1. The molecule has 1 aliphatic rings. The van der Waals surface area contributed by atoms with E-state index in [2.05, 4.69) is 5.32 Å². The smallest absolute Gasteiger partial charge is 0.342 e. The lowest BCUT2D eigenvalue weighted by atomic mass is 9.93. The molecule has 1 amide bonds. The third-order valence-corrected chi connectivity index (χ3v) is 3.36. The average molecular weight is 266 g/mol. The van der Waals surface area contributed by atoms with E-state index in [1.165, 1.54) is 0 Å². The Kier molecular flexibility index (Phi) is 5.44. The van der Waals surface area contributed by atoms with Crippen molar-refractivity contribution in [2.75, 3.05) is 19.6 Å². The molecule has 0 bridgehead atoms. The molecule has 1 rings (SSSR count). The normalized spacial score (nSPS) is 24.9. The second-order valence-electron chi connectivity index (χ2n) is 4.69. The Morgan fingerprint density at radius 3 is 2.39 bits per heavy atom. The molecule has 0 saturated carbocycles. The van der Waals surface area contributed by atoms with Crippen LogP contribution in [0, 0.1) is 5.92 Å². The first kappa shape index (κ1) is 15.3. The van der Waals surface area contributed by atoms with Crippen molar-refractivity contribution in [3.05, 3.63) is 0 Å². The number of halogens is 3. The predicted molar refractivity (Wildman–Crippen MR) is 63.1 cm³/mol. The monoisotopic (exact) mass is 266 g/mol. The molecule has 2 atom stereocenters. The van der Waals surface area contributed by atoms with Crippen LogP contribution in [0.25, 0.3) is 0 Å². The number of rotatable bonds is 4. The van der Waals surface area contributed by atoms with Gasteiger partial charge in [0, 0.05) is 19.6 Å². The highest BCUT2D eigenvalue weighted by Crippen LogP contribution is 2.32. The summed E-state index contributed by atoms with van der Waals surface area (Å²) in [4.78, 5) is 13.8. The van der Waals surface area contributed by atoms with Crippen LogP contribution in [0.15, 0.2) is 0 Å². The fraction of sp³-hybridized carbons (Fsp3) is 0.917. The van der Waals surface area contributed by atoms with Gasteiger partial charge in [-0.3, -0.25) is 4.79 Å². The molecule has 6 heteroatoms.